The Bertz CT molecular complexity index is 1300. The van der Waals surface area contributed by atoms with E-state index >= 15 is 0 Å². The first-order chi connectivity index (χ1) is 15.0. The van der Waals surface area contributed by atoms with Crippen molar-refractivity contribution in [2.24, 2.45) is 0 Å². The second-order valence-corrected chi connectivity index (χ2v) is 8.89. The van der Waals surface area contributed by atoms with Crippen LogP contribution in [0.5, 0.6) is 0 Å². The summed E-state index contributed by atoms with van der Waals surface area (Å²) < 4.78 is 2.41. The van der Waals surface area contributed by atoms with Crippen molar-refractivity contribution in [1.29, 1.82) is 0 Å². The van der Waals surface area contributed by atoms with Gasteiger partial charge >= 0.3 is 0 Å². The Kier molecular flexibility index (Phi) is 4.86. The summed E-state index contributed by atoms with van der Waals surface area (Å²) in [6.45, 7) is 10.5. The zero-order valence-electron chi connectivity index (χ0n) is 18.8. The third-order valence-corrected chi connectivity index (χ3v) is 6.36. The first kappa shape index (κ1) is 19.6. The van der Waals surface area contributed by atoms with Crippen LogP contribution in [0.1, 0.15) is 33.4 Å². The lowest BCUT2D eigenvalue weighted by Gasteiger charge is -2.25. The van der Waals surface area contributed by atoms with Crippen LogP contribution in [-0.4, -0.2) is 10.9 Å². The molecule has 154 valence electrons. The van der Waals surface area contributed by atoms with Gasteiger partial charge in [0.2, 0.25) is 6.34 Å². The minimum absolute atomic E-state index is 0.859. The van der Waals surface area contributed by atoms with Gasteiger partial charge < -0.3 is 0 Å². The van der Waals surface area contributed by atoms with E-state index in [0.717, 1.165) is 13.1 Å². The molecule has 1 heterocycles. The van der Waals surface area contributed by atoms with Gasteiger partial charge in [-0.25, -0.2) is 9.48 Å². The Balaban J connectivity index is 1.64. The van der Waals surface area contributed by atoms with Crippen LogP contribution in [0.15, 0.2) is 72.8 Å². The topological polar surface area (TPSA) is 6.25 Å². The van der Waals surface area contributed by atoms with Gasteiger partial charge in [-0.3, -0.25) is 0 Å². The highest BCUT2D eigenvalue weighted by atomic mass is 15.2. The number of hydrogen-bond donors (Lipinski definition) is 0. The van der Waals surface area contributed by atoms with Gasteiger partial charge in [0.25, 0.3) is 0 Å². The minimum Gasteiger partial charge on any atom is -0.229 e. The standard InChI is InChI=1S/C29H29N2/c1-20-8-5-9-24(16-20)17-30-19-31(18-26-22(3)14-21(2)15-23(26)4)28-13-7-11-25-10-6-12-27(30)29(25)28/h5-16,19H,17-18H2,1-4H3/q+1. The predicted octanol–water partition coefficient (Wildman–Crippen LogP) is 6.97. The molecule has 0 aromatic heterocycles. The predicted molar refractivity (Wildman–Crippen MR) is 132 cm³/mol. The second kappa shape index (κ2) is 7.70. The molecule has 0 bridgehead atoms. The lowest BCUT2D eigenvalue weighted by molar-refractivity contribution is -0.453. The van der Waals surface area contributed by atoms with E-state index in [1.165, 1.54) is 55.5 Å². The molecule has 5 rings (SSSR count). The average Bonchev–Trinajstić information content (AvgIpc) is 2.73. The van der Waals surface area contributed by atoms with Gasteiger partial charge in [-0.15, -0.1) is 0 Å². The van der Waals surface area contributed by atoms with Gasteiger partial charge in [0.1, 0.15) is 24.5 Å². The van der Waals surface area contributed by atoms with Crippen LogP contribution < -0.4 is 4.90 Å². The molecule has 0 saturated heterocycles. The zero-order valence-corrected chi connectivity index (χ0v) is 18.8. The molecule has 0 unspecified atom stereocenters. The Morgan fingerprint density at radius 2 is 1.45 bits per heavy atom. The maximum atomic E-state index is 2.43. The largest absolute Gasteiger partial charge is 0.245 e. The van der Waals surface area contributed by atoms with Gasteiger partial charge in [-0.2, -0.15) is 0 Å². The molecule has 1 aliphatic heterocycles. The van der Waals surface area contributed by atoms with Gasteiger partial charge in [0.15, 0.2) is 0 Å². The van der Waals surface area contributed by atoms with Crippen LogP contribution in [-0.2, 0) is 13.1 Å². The average molecular weight is 406 g/mol. The highest BCUT2D eigenvalue weighted by Crippen LogP contribution is 2.38. The molecular weight excluding hydrogens is 376 g/mol. The first-order valence-corrected chi connectivity index (χ1v) is 11.0. The fraction of sp³-hybridized carbons (Fsp3) is 0.207. The van der Waals surface area contributed by atoms with Crippen molar-refractivity contribution < 1.29 is 4.58 Å². The lowest BCUT2D eigenvalue weighted by Crippen LogP contribution is -2.30. The van der Waals surface area contributed by atoms with Crippen molar-refractivity contribution in [1.82, 2.24) is 0 Å². The van der Waals surface area contributed by atoms with E-state index in [0.29, 0.717) is 0 Å². The van der Waals surface area contributed by atoms with E-state index < -0.39 is 0 Å². The van der Waals surface area contributed by atoms with E-state index in [4.69, 9.17) is 0 Å². The van der Waals surface area contributed by atoms with Crippen molar-refractivity contribution in [3.63, 3.8) is 0 Å². The van der Waals surface area contributed by atoms with Gasteiger partial charge in [0.05, 0.1) is 5.39 Å². The Morgan fingerprint density at radius 1 is 0.742 bits per heavy atom. The number of anilines is 1. The summed E-state index contributed by atoms with van der Waals surface area (Å²) in [4.78, 5) is 2.43. The number of aryl methyl sites for hydroxylation is 4. The fourth-order valence-electron chi connectivity index (χ4n) is 4.96. The molecule has 1 aliphatic rings. The van der Waals surface area contributed by atoms with E-state index in [9.17, 15) is 0 Å². The molecule has 4 aromatic carbocycles. The zero-order chi connectivity index (χ0) is 21.5. The molecule has 31 heavy (non-hydrogen) atoms. The maximum Gasteiger partial charge on any atom is 0.245 e. The van der Waals surface area contributed by atoms with Crippen molar-refractivity contribution in [2.45, 2.75) is 40.8 Å². The highest BCUT2D eigenvalue weighted by molar-refractivity contribution is 6.06. The number of nitrogens with zero attached hydrogens (tertiary/aromatic N) is 2. The van der Waals surface area contributed by atoms with E-state index in [1.807, 2.05) is 0 Å². The van der Waals surface area contributed by atoms with Crippen LogP contribution in [0.3, 0.4) is 0 Å². The normalized spacial score (nSPS) is 12.9. The lowest BCUT2D eigenvalue weighted by atomic mass is 9.98. The number of hydrogen-bond acceptors (Lipinski definition) is 1. The molecule has 0 saturated carbocycles. The molecule has 2 heteroatoms. The van der Waals surface area contributed by atoms with Crippen LogP contribution >= 0.6 is 0 Å². The van der Waals surface area contributed by atoms with Crippen molar-refractivity contribution in [2.75, 3.05) is 4.90 Å². The quantitative estimate of drug-likeness (QED) is 0.332. The van der Waals surface area contributed by atoms with Crippen molar-refractivity contribution >= 4 is 28.5 Å². The summed E-state index contributed by atoms with van der Waals surface area (Å²) >= 11 is 0. The fourth-order valence-corrected chi connectivity index (χ4v) is 4.96. The first-order valence-electron chi connectivity index (χ1n) is 11.0. The number of rotatable bonds is 4. The third kappa shape index (κ3) is 3.63. The Hall–Kier alpha value is -3.39. The summed E-state index contributed by atoms with van der Waals surface area (Å²) in [7, 11) is 0. The Morgan fingerprint density at radius 3 is 2.19 bits per heavy atom. The second-order valence-electron chi connectivity index (χ2n) is 8.89. The molecule has 0 amide bonds. The van der Waals surface area contributed by atoms with Crippen LogP contribution in [0, 0.1) is 27.7 Å². The van der Waals surface area contributed by atoms with Crippen molar-refractivity contribution in [3.8, 4) is 0 Å². The summed E-state index contributed by atoms with van der Waals surface area (Å²) in [6, 6.07) is 26.7. The molecule has 0 spiro atoms. The van der Waals surface area contributed by atoms with E-state index in [2.05, 4.69) is 116 Å². The SMILES string of the molecule is Cc1cccc(C[N+]2=CN(Cc3c(C)cc(C)cc3C)c3cccc4cccc2c34)c1. The molecule has 4 aromatic rings. The summed E-state index contributed by atoms with van der Waals surface area (Å²) in [6.07, 6.45) is 2.30. The van der Waals surface area contributed by atoms with Crippen LogP contribution in [0.25, 0.3) is 10.8 Å². The highest BCUT2D eigenvalue weighted by Gasteiger charge is 2.27. The number of benzene rings is 4. The van der Waals surface area contributed by atoms with Crippen LogP contribution in [0.2, 0.25) is 0 Å². The van der Waals surface area contributed by atoms with Gasteiger partial charge in [-0.05, 0) is 67.5 Å². The monoisotopic (exact) mass is 405 g/mol. The van der Waals surface area contributed by atoms with Gasteiger partial charge in [-0.1, -0.05) is 71.8 Å². The molecule has 0 atom stereocenters. The molecular formula is C29H29N2+. The molecule has 0 aliphatic carbocycles. The minimum atomic E-state index is 0.859. The smallest absolute Gasteiger partial charge is 0.229 e. The molecule has 0 N–H and O–H groups in total. The molecule has 0 fully saturated rings. The third-order valence-electron chi connectivity index (χ3n) is 6.36. The van der Waals surface area contributed by atoms with Crippen molar-refractivity contribution in [3.05, 3.63) is 106 Å². The summed E-state index contributed by atoms with van der Waals surface area (Å²) in [5, 5.41) is 2.63. The summed E-state index contributed by atoms with van der Waals surface area (Å²) in [5.74, 6) is 0. The molecule has 2 nitrogen and oxygen atoms in total. The summed E-state index contributed by atoms with van der Waals surface area (Å²) in [5.41, 5.74) is 10.7. The van der Waals surface area contributed by atoms with Crippen LogP contribution in [0.4, 0.5) is 11.4 Å². The van der Waals surface area contributed by atoms with E-state index in [1.54, 1.807) is 0 Å². The maximum absolute atomic E-state index is 2.43. The Labute approximate surface area is 185 Å². The molecule has 0 radical (unpaired) electrons. The van der Waals surface area contributed by atoms with Gasteiger partial charge in [0, 0.05) is 0 Å². The van der Waals surface area contributed by atoms with E-state index in [-0.39, 0.29) is 0 Å².